The van der Waals surface area contributed by atoms with Gasteiger partial charge in [0.25, 0.3) is 0 Å². The molecule has 2 aliphatic rings. The van der Waals surface area contributed by atoms with Crippen LogP contribution in [0.3, 0.4) is 0 Å². The fourth-order valence-corrected chi connectivity index (χ4v) is 3.08. The molecule has 6 atom stereocenters. The number of rotatable bonds is 3. The number of hydrogen-bond donors (Lipinski definition) is 1. The molecule has 122 valence electrons. The molecule has 0 aromatic heterocycles. The average Bonchev–Trinajstić information content (AvgIpc) is 2.57. The molecule has 1 N–H and O–H groups in total. The highest BCUT2D eigenvalue weighted by Gasteiger charge is 2.49. The standard InChI is InChI=1S/C15H17N3O5/c1-8-11(17-18-16)13(14(19)20)22-10-7-21-15(23-12(8)10)9-5-3-2-4-6-9/h2-6,8,10-13,15H,7H2,1H3,(H,19,20)/t8-,10?,11?,12-,13-,15?/m1/s1. The van der Waals surface area contributed by atoms with Gasteiger partial charge in [-0.25, -0.2) is 4.79 Å². The molecule has 0 aliphatic carbocycles. The molecular weight excluding hydrogens is 302 g/mol. The van der Waals surface area contributed by atoms with Crippen LogP contribution >= 0.6 is 0 Å². The first kappa shape index (κ1) is 15.8. The Morgan fingerprint density at radius 3 is 2.74 bits per heavy atom. The number of nitrogens with zero attached hydrogens (tertiary/aromatic N) is 3. The van der Waals surface area contributed by atoms with Crippen LogP contribution in [-0.4, -0.2) is 42.0 Å². The van der Waals surface area contributed by atoms with Gasteiger partial charge in [0.2, 0.25) is 0 Å². The highest BCUT2D eigenvalue weighted by Crippen LogP contribution is 2.37. The van der Waals surface area contributed by atoms with Crippen molar-refractivity contribution in [2.45, 2.75) is 37.6 Å². The lowest BCUT2D eigenvalue weighted by Crippen LogP contribution is -2.59. The van der Waals surface area contributed by atoms with Crippen molar-refractivity contribution in [2.24, 2.45) is 11.0 Å². The minimum absolute atomic E-state index is 0.224. The van der Waals surface area contributed by atoms with Crippen LogP contribution < -0.4 is 0 Å². The third kappa shape index (κ3) is 3.02. The predicted molar refractivity (Wildman–Crippen MR) is 78.4 cm³/mol. The monoisotopic (exact) mass is 319 g/mol. The van der Waals surface area contributed by atoms with Crippen molar-refractivity contribution in [3.63, 3.8) is 0 Å². The van der Waals surface area contributed by atoms with E-state index in [9.17, 15) is 9.90 Å². The highest BCUT2D eigenvalue weighted by atomic mass is 16.7. The van der Waals surface area contributed by atoms with Crippen LogP contribution in [0.4, 0.5) is 0 Å². The topological polar surface area (TPSA) is 114 Å². The van der Waals surface area contributed by atoms with Crippen LogP contribution in [0.25, 0.3) is 10.4 Å². The van der Waals surface area contributed by atoms with Gasteiger partial charge in [-0.3, -0.25) is 0 Å². The smallest absolute Gasteiger partial charge is 0.333 e. The maximum Gasteiger partial charge on any atom is 0.333 e. The first-order valence-corrected chi connectivity index (χ1v) is 7.36. The van der Waals surface area contributed by atoms with Crippen molar-refractivity contribution in [3.05, 3.63) is 46.3 Å². The molecule has 2 heterocycles. The van der Waals surface area contributed by atoms with Gasteiger partial charge >= 0.3 is 5.97 Å². The fraction of sp³-hybridized carbons (Fsp3) is 0.533. The maximum absolute atomic E-state index is 11.4. The van der Waals surface area contributed by atoms with E-state index in [1.807, 2.05) is 37.3 Å². The molecule has 2 aliphatic heterocycles. The molecule has 3 rings (SSSR count). The van der Waals surface area contributed by atoms with Gasteiger partial charge in [0, 0.05) is 10.5 Å². The predicted octanol–water partition coefficient (Wildman–Crippen LogP) is 2.27. The fourth-order valence-electron chi connectivity index (χ4n) is 3.08. The molecule has 2 saturated heterocycles. The molecule has 0 spiro atoms. The molecule has 3 unspecified atom stereocenters. The van der Waals surface area contributed by atoms with Crippen molar-refractivity contribution in [2.75, 3.05) is 6.61 Å². The summed E-state index contributed by atoms with van der Waals surface area (Å²) >= 11 is 0. The van der Waals surface area contributed by atoms with Crippen molar-refractivity contribution in [3.8, 4) is 0 Å². The second-order valence-corrected chi connectivity index (χ2v) is 5.66. The van der Waals surface area contributed by atoms with Gasteiger partial charge in [-0.1, -0.05) is 42.4 Å². The Balaban J connectivity index is 1.82. The molecule has 0 saturated carbocycles. The Morgan fingerprint density at radius 2 is 2.09 bits per heavy atom. The summed E-state index contributed by atoms with van der Waals surface area (Å²) in [6.07, 6.45) is -2.64. The summed E-state index contributed by atoms with van der Waals surface area (Å²) in [6, 6.07) is 8.63. The number of azide groups is 1. The van der Waals surface area contributed by atoms with E-state index in [0.29, 0.717) is 0 Å². The summed E-state index contributed by atoms with van der Waals surface area (Å²) in [5, 5.41) is 12.9. The minimum atomic E-state index is -1.19. The summed E-state index contributed by atoms with van der Waals surface area (Å²) in [5.74, 6) is -1.46. The van der Waals surface area contributed by atoms with E-state index in [4.69, 9.17) is 19.7 Å². The van der Waals surface area contributed by atoms with Crippen LogP contribution in [0.1, 0.15) is 18.8 Å². The number of benzene rings is 1. The van der Waals surface area contributed by atoms with E-state index in [0.717, 1.165) is 5.56 Å². The molecule has 2 fully saturated rings. The zero-order valence-corrected chi connectivity index (χ0v) is 12.5. The molecule has 8 heteroatoms. The number of carbonyl (C=O) groups is 1. The van der Waals surface area contributed by atoms with Crippen LogP contribution in [0.15, 0.2) is 35.4 Å². The largest absolute Gasteiger partial charge is 0.479 e. The molecule has 0 bridgehead atoms. The quantitative estimate of drug-likeness (QED) is 0.521. The van der Waals surface area contributed by atoms with Crippen LogP contribution in [0.5, 0.6) is 0 Å². The van der Waals surface area contributed by atoms with Gasteiger partial charge < -0.3 is 19.3 Å². The van der Waals surface area contributed by atoms with Crippen molar-refractivity contribution < 1.29 is 24.1 Å². The minimum Gasteiger partial charge on any atom is -0.479 e. The van der Waals surface area contributed by atoms with Gasteiger partial charge in [0.05, 0.1) is 18.8 Å². The van der Waals surface area contributed by atoms with Crippen LogP contribution in [0, 0.1) is 5.92 Å². The molecule has 23 heavy (non-hydrogen) atoms. The van der Waals surface area contributed by atoms with E-state index in [-0.39, 0.29) is 12.5 Å². The van der Waals surface area contributed by atoms with E-state index in [2.05, 4.69) is 10.0 Å². The third-order valence-electron chi connectivity index (χ3n) is 4.25. The summed E-state index contributed by atoms with van der Waals surface area (Å²) < 4.78 is 17.2. The third-order valence-corrected chi connectivity index (χ3v) is 4.25. The molecule has 8 nitrogen and oxygen atoms in total. The Morgan fingerprint density at radius 1 is 1.35 bits per heavy atom. The Bertz CT molecular complexity index is 619. The SMILES string of the molecule is C[C@@H]1C(N=[N+]=[N-])[C@H](C(=O)O)OC2COC(c3ccccc3)O[C@@H]21. The summed E-state index contributed by atoms with van der Waals surface area (Å²) in [7, 11) is 0. The number of fused-ring (bicyclic) bond motifs is 1. The highest BCUT2D eigenvalue weighted by molar-refractivity contribution is 5.73. The van der Waals surface area contributed by atoms with Gasteiger partial charge in [-0.05, 0) is 11.4 Å². The van der Waals surface area contributed by atoms with Gasteiger partial charge in [-0.2, -0.15) is 0 Å². The van der Waals surface area contributed by atoms with Crippen molar-refractivity contribution >= 4 is 5.97 Å². The lowest BCUT2D eigenvalue weighted by Gasteiger charge is -2.46. The lowest BCUT2D eigenvalue weighted by atomic mass is 9.85. The first-order valence-electron chi connectivity index (χ1n) is 7.36. The number of ether oxygens (including phenoxy) is 3. The molecular formula is C15H17N3O5. The van der Waals surface area contributed by atoms with Crippen LogP contribution in [0.2, 0.25) is 0 Å². The Hall–Kier alpha value is -2.12. The molecule has 0 amide bonds. The number of carboxylic acid groups (broad SMARTS) is 1. The zero-order chi connectivity index (χ0) is 16.4. The number of carboxylic acids is 1. The van der Waals surface area contributed by atoms with E-state index in [1.165, 1.54) is 0 Å². The number of hydrogen-bond acceptors (Lipinski definition) is 5. The second kappa shape index (κ2) is 6.55. The van der Waals surface area contributed by atoms with Crippen LogP contribution in [-0.2, 0) is 19.0 Å². The number of aliphatic carboxylic acids is 1. The molecule has 1 aromatic carbocycles. The van der Waals surface area contributed by atoms with E-state index >= 15 is 0 Å². The average molecular weight is 319 g/mol. The normalized spacial score (nSPS) is 36.6. The van der Waals surface area contributed by atoms with E-state index < -0.39 is 36.6 Å². The Kier molecular flexibility index (Phi) is 4.49. The summed E-state index contributed by atoms with van der Waals surface area (Å²) in [5.41, 5.74) is 9.58. The van der Waals surface area contributed by atoms with Crippen molar-refractivity contribution in [1.29, 1.82) is 0 Å². The first-order chi connectivity index (χ1) is 11.1. The second-order valence-electron chi connectivity index (χ2n) is 5.66. The lowest BCUT2D eigenvalue weighted by molar-refractivity contribution is -0.301. The van der Waals surface area contributed by atoms with Gasteiger partial charge in [0.1, 0.15) is 6.10 Å². The maximum atomic E-state index is 11.4. The summed E-state index contributed by atoms with van der Waals surface area (Å²) in [6.45, 7) is 2.03. The van der Waals surface area contributed by atoms with Gasteiger partial charge in [0.15, 0.2) is 12.4 Å². The Labute approximate surface area is 132 Å². The van der Waals surface area contributed by atoms with Crippen molar-refractivity contribution in [1.82, 2.24) is 0 Å². The zero-order valence-electron chi connectivity index (χ0n) is 12.5. The summed E-state index contributed by atoms with van der Waals surface area (Å²) in [4.78, 5) is 14.1. The molecule has 1 aromatic rings. The molecule has 0 radical (unpaired) electrons. The van der Waals surface area contributed by atoms with Gasteiger partial charge in [-0.15, -0.1) is 0 Å². The van der Waals surface area contributed by atoms with E-state index in [1.54, 1.807) is 0 Å².